The zero-order valence-corrected chi connectivity index (χ0v) is 29.0. The average molecular weight is 759 g/mol. The number of imidazole rings is 2. The Labute approximate surface area is 294 Å². The van der Waals surface area contributed by atoms with Crippen LogP contribution in [0.3, 0.4) is 0 Å². The molecule has 0 N–H and O–H groups in total. The maximum atomic E-state index is 12.4. The third-order valence-corrected chi connectivity index (χ3v) is 7.07. The Morgan fingerprint density at radius 1 is 0.698 bits per heavy atom. The van der Waals surface area contributed by atoms with Gasteiger partial charge in [0.05, 0.1) is 0 Å². The van der Waals surface area contributed by atoms with Crippen molar-refractivity contribution < 1.29 is 51.5 Å². The third kappa shape index (κ3) is 11.8. The number of benzene rings is 2. The van der Waals surface area contributed by atoms with Crippen molar-refractivity contribution in [2.45, 2.75) is 52.9 Å². The summed E-state index contributed by atoms with van der Waals surface area (Å²) in [6.45, 7) is 8.67. The van der Waals surface area contributed by atoms with Gasteiger partial charge in [-0.1, -0.05) is 58.5 Å². The zero-order chi connectivity index (χ0) is 29.4. The molecule has 15 heteroatoms. The molecule has 2 amide bonds. The van der Waals surface area contributed by atoms with Crippen LogP contribution in [0.1, 0.15) is 38.8 Å². The molecule has 0 aliphatic rings. The van der Waals surface area contributed by atoms with Crippen LogP contribution in [0, 0.1) is 0 Å². The Bertz CT molecular complexity index is 1310. The zero-order valence-electron chi connectivity index (χ0n) is 23.6. The number of hydrogen-bond acceptors (Lipinski definition) is 4. The molecule has 0 bridgehead atoms. The number of rotatable bonds is 6. The molecule has 2 aromatic heterocycles. The van der Waals surface area contributed by atoms with Gasteiger partial charge in [-0.2, -0.15) is 0 Å². The fraction of sp³-hybridized carbons (Fsp3) is 0.286. The van der Waals surface area contributed by atoms with Gasteiger partial charge in [0.25, 0.3) is 0 Å². The number of nitrogens with zero attached hydrogens (tertiary/aromatic N) is 6. The second kappa shape index (κ2) is 19.4. The number of halogens is 6. The Morgan fingerprint density at radius 3 is 1.30 bits per heavy atom. The van der Waals surface area contributed by atoms with E-state index >= 15 is 0 Å². The molecule has 0 fully saturated rings. The second-order valence-corrected chi connectivity index (χ2v) is 11.1. The number of hydrogen-bond donors (Lipinski definition) is 0. The van der Waals surface area contributed by atoms with Gasteiger partial charge in [0.1, 0.15) is 12.7 Å². The van der Waals surface area contributed by atoms with E-state index in [-0.39, 0.29) is 66.0 Å². The standard InChI is InChI=1S/2C14H15Cl2N3O.2ClH.Cu/c2*1-10(2)19(14(20)18-6-5-17-9-18)8-11-3-4-12(15)7-13(11)16;;;/h2*3-7,9-10H,8H2,1-2H3;2*1H;/q;;;;+2/p-2. The molecule has 0 aliphatic heterocycles. The van der Waals surface area contributed by atoms with Gasteiger partial charge in [0.2, 0.25) is 0 Å². The molecule has 43 heavy (non-hydrogen) atoms. The van der Waals surface area contributed by atoms with Crippen LogP contribution in [0.2, 0.25) is 20.1 Å². The average Bonchev–Trinajstić information content (AvgIpc) is 3.62. The largest absolute Gasteiger partial charge is 2.00 e. The van der Waals surface area contributed by atoms with E-state index in [4.69, 9.17) is 46.4 Å². The van der Waals surface area contributed by atoms with Crippen molar-refractivity contribution in [2.75, 3.05) is 0 Å². The summed E-state index contributed by atoms with van der Waals surface area (Å²) in [6, 6.07) is 10.4. The van der Waals surface area contributed by atoms with E-state index in [2.05, 4.69) is 9.97 Å². The summed E-state index contributed by atoms with van der Waals surface area (Å²) < 4.78 is 2.90. The fourth-order valence-electron chi connectivity index (χ4n) is 3.65. The topological polar surface area (TPSA) is 76.3 Å². The summed E-state index contributed by atoms with van der Waals surface area (Å²) in [4.78, 5) is 36.0. The van der Waals surface area contributed by atoms with Crippen LogP contribution in [0.25, 0.3) is 0 Å². The maximum absolute atomic E-state index is 12.4. The quantitative estimate of drug-likeness (QED) is 0.283. The smallest absolute Gasteiger partial charge is 1.00 e. The van der Waals surface area contributed by atoms with E-state index in [0.717, 1.165) is 11.1 Å². The van der Waals surface area contributed by atoms with E-state index in [1.807, 2.05) is 39.8 Å². The molecule has 0 saturated carbocycles. The molecule has 1 radical (unpaired) electrons. The van der Waals surface area contributed by atoms with Gasteiger partial charge in [-0.25, -0.2) is 19.6 Å². The fourth-order valence-corrected chi connectivity index (χ4v) is 4.59. The molecule has 2 aromatic carbocycles. The van der Waals surface area contributed by atoms with E-state index in [0.29, 0.717) is 33.2 Å². The summed E-state index contributed by atoms with van der Waals surface area (Å²) in [6.07, 6.45) is 9.38. The SMILES string of the molecule is CC(C)N(Cc1ccc(Cl)cc1Cl)C(=O)n1ccnc1.CC(C)N(Cc1ccc(Cl)cc1Cl)C(=O)n1ccnc1.[Cl-].[Cl-].[Cu+2]. The molecule has 237 valence electrons. The van der Waals surface area contributed by atoms with Crippen molar-refractivity contribution in [3.05, 3.63) is 105 Å². The predicted octanol–water partition coefficient (Wildman–Crippen LogP) is 2.14. The van der Waals surface area contributed by atoms with Crippen LogP contribution in [-0.2, 0) is 30.2 Å². The van der Waals surface area contributed by atoms with Crippen molar-refractivity contribution in [2.24, 2.45) is 0 Å². The first-order valence-corrected chi connectivity index (χ1v) is 13.9. The minimum absolute atomic E-state index is 0. The van der Waals surface area contributed by atoms with E-state index in [1.165, 1.54) is 21.8 Å². The van der Waals surface area contributed by atoms with Gasteiger partial charge < -0.3 is 34.6 Å². The molecule has 8 nitrogen and oxygen atoms in total. The maximum Gasteiger partial charge on any atom is 2.00 e. The Balaban J connectivity index is 0.000000767. The molecule has 0 unspecified atom stereocenters. The van der Waals surface area contributed by atoms with Gasteiger partial charge in [-0.05, 0) is 63.1 Å². The van der Waals surface area contributed by atoms with Crippen LogP contribution < -0.4 is 24.8 Å². The summed E-state index contributed by atoms with van der Waals surface area (Å²) in [5, 5.41) is 2.27. The molecule has 4 rings (SSSR count). The first-order chi connectivity index (χ1) is 19.0. The minimum Gasteiger partial charge on any atom is -1.00 e. The monoisotopic (exact) mass is 755 g/mol. The van der Waals surface area contributed by atoms with E-state index in [1.54, 1.807) is 58.9 Å². The van der Waals surface area contributed by atoms with Crippen molar-refractivity contribution >= 4 is 58.5 Å². The van der Waals surface area contributed by atoms with Gasteiger partial charge >= 0.3 is 29.1 Å². The van der Waals surface area contributed by atoms with Crippen LogP contribution in [0.4, 0.5) is 9.59 Å². The summed E-state index contributed by atoms with van der Waals surface area (Å²) in [7, 11) is 0. The number of aromatic nitrogens is 4. The van der Waals surface area contributed by atoms with E-state index in [9.17, 15) is 9.59 Å². The number of amides is 2. The number of carbonyl (C=O) groups excluding carboxylic acids is 2. The summed E-state index contributed by atoms with van der Waals surface area (Å²) in [5.74, 6) is 0. The van der Waals surface area contributed by atoms with Crippen molar-refractivity contribution in [3.63, 3.8) is 0 Å². The summed E-state index contributed by atoms with van der Waals surface area (Å²) in [5.41, 5.74) is 1.72. The Kier molecular flexibility index (Phi) is 18.6. The third-order valence-electron chi connectivity index (χ3n) is 5.90. The van der Waals surface area contributed by atoms with Crippen LogP contribution in [0.15, 0.2) is 73.8 Å². The van der Waals surface area contributed by atoms with Crippen LogP contribution >= 0.6 is 46.4 Å². The van der Waals surface area contributed by atoms with Gasteiger partial charge in [0.15, 0.2) is 0 Å². The Hall–Kier alpha value is -1.94. The molecular weight excluding hydrogens is 729 g/mol. The van der Waals surface area contributed by atoms with Gasteiger partial charge in [-0.3, -0.25) is 9.13 Å². The first kappa shape index (κ1) is 41.1. The Morgan fingerprint density at radius 2 is 1.05 bits per heavy atom. The van der Waals surface area contributed by atoms with Crippen molar-refractivity contribution in [1.29, 1.82) is 0 Å². The van der Waals surface area contributed by atoms with Crippen molar-refractivity contribution in [1.82, 2.24) is 28.9 Å². The van der Waals surface area contributed by atoms with Gasteiger partial charge in [-0.15, -0.1) is 0 Å². The van der Waals surface area contributed by atoms with Gasteiger partial charge in [0, 0.05) is 70.1 Å². The molecule has 0 saturated heterocycles. The van der Waals surface area contributed by atoms with Crippen molar-refractivity contribution in [3.8, 4) is 0 Å². The van der Waals surface area contributed by atoms with Crippen LogP contribution in [-0.4, -0.2) is 53.0 Å². The van der Waals surface area contributed by atoms with E-state index < -0.39 is 0 Å². The van der Waals surface area contributed by atoms with Crippen LogP contribution in [0.5, 0.6) is 0 Å². The molecule has 0 spiro atoms. The molecule has 0 aliphatic carbocycles. The molecule has 4 aromatic rings. The molecule has 0 atom stereocenters. The molecule has 2 heterocycles. The minimum atomic E-state index is -0.136. The molecular formula is C28H30Cl6CuN6O2. The first-order valence-electron chi connectivity index (χ1n) is 12.4. The summed E-state index contributed by atoms with van der Waals surface area (Å²) >= 11 is 24.1. The normalized spacial score (nSPS) is 10.1. The number of carbonyl (C=O) groups is 2. The second-order valence-electron chi connectivity index (χ2n) is 9.42. The predicted molar refractivity (Wildman–Crippen MR) is 160 cm³/mol.